The number of hydrogen-bond donors (Lipinski definition) is 1. The van der Waals surface area contributed by atoms with Gasteiger partial charge >= 0.3 is 0 Å². The summed E-state index contributed by atoms with van der Waals surface area (Å²) in [5.74, 6) is 0. The Kier molecular flexibility index (Phi) is 3.78. The Hall–Kier alpha value is -0.380. The normalized spacial score (nSPS) is 27.5. The minimum atomic E-state index is 0.0144. The van der Waals surface area contributed by atoms with E-state index in [4.69, 9.17) is 10.5 Å². The van der Waals surface area contributed by atoms with E-state index >= 15 is 0 Å². The molecule has 84 valence electrons. The summed E-state index contributed by atoms with van der Waals surface area (Å²) in [4.78, 5) is 1.45. The number of nitrogens with two attached hydrogens (primary N) is 1. The van der Waals surface area contributed by atoms with Crippen molar-refractivity contribution in [2.75, 3.05) is 13.2 Å². The van der Waals surface area contributed by atoms with Gasteiger partial charge in [0.25, 0.3) is 0 Å². The zero-order chi connectivity index (χ0) is 10.6. The Morgan fingerprint density at radius 1 is 1.40 bits per heavy atom. The van der Waals surface area contributed by atoms with E-state index in [0.717, 1.165) is 45.3 Å². The lowest BCUT2D eigenvalue weighted by atomic mass is 9.87. The van der Waals surface area contributed by atoms with Crippen LogP contribution in [0.2, 0.25) is 0 Å². The molecule has 1 aliphatic heterocycles. The Bertz CT molecular complexity index is 276. The van der Waals surface area contributed by atoms with E-state index in [1.54, 1.807) is 0 Å². The molecule has 1 aromatic rings. The molecule has 15 heavy (non-hydrogen) atoms. The van der Waals surface area contributed by atoms with Gasteiger partial charge in [-0.1, -0.05) is 6.07 Å². The number of hydrogen-bond acceptors (Lipinski definition) is 3. The van der Waals surface area contributed by atoms with Crippen molar-refractivity contribution in [3.8, 4) is 0 Å². The van der Waals surface area contributed by atoms with E-state index in [9.17, 15) is 0 Å². The lowest BCUT2D eigenvalue weighted by Crippen LogP contribution is -2.40. The third-order valence-electron chi connectivity index (χ3n) is 3.16. The van der Waals surface area contributed by atoms with Crippen molar-refractivity contribution in [3.63, 3.8) is 0 Å². The molecule has 0 spiro atoms. The second-order valence-corrected chi connectivity index (χ2v) is 5.44. The molecule has 1 aromatic heterocycles. The first-order valence-corrected chi connectivity index (χ1v) is 6.56. The van der Waals surface area contributed by atoms with Crippen LogP contribution in [0.15, 0.2) is 17.5 Å². The summed E-state index contributed by atoms with van der Waals surface area (Å²) in [5, 5.41) is 2.13. The lowest BCUT2D eigenvalue weighted by molar-refractivity contribution is 0.139. The van der Waals surface area contributed by atoms with Gasteiger partial charge in [0.15, 0.2) is 0 Å². The zero-order valence-electron chi connectivity index (χ0n) is 9.08. The number of ether oxygens (including phenoxy) is 1. The summed E-state index contributed by atoms with van der Waals surface area (Å²) in [7, 11) is 0. The third-order valence-corrected chi connectivity index (χ3v) is 4.09. The summed E-state index contributed by atoms with van der Waals surface area (Å²) in [6.07, 6.45) is 5.45. The summed E-state index contributed by atoms with van der Waals surface area (Å²) >= 11 is 1.83. The second kappa shape index (κ2) is 5.10. The average Bonchev–Trinajstić information content (AvgIpc) is 2.65. The highest BCUT2D eigenvalue weighted by atomic mass is 32.1. The first kappa shape index (κ1) is 11.1. The molecule has 1 aliphatic rings. The maximum atomic E-state index is 6.40. The van der Waals surface area contributed by atoms with Gasteiger partial charge in [0.2, 0.25) is 0 Å². The van der Waals surface area contributed by atoms with Gasteiger partial charge in [0, 0.05) is 23.6 Å². The Morgan fingerprint density at radius 3 is 3.13 bits per heavy atom. The van der Waals surface area contributed by atoms with Crippen molar-refractivity contribution in [2.45, 2.75) is 37.6 Å². The predicted molar refractivity (Wildman–Crippen MR) is 64.2 cm³/mol. The third kappa shape index (κ3) is 3.30. The molecule has 3 heteroatoms. The highest BCUT2D eigenvalue weighted by molar-refractivity contribution is 7.09. The standard InChI is InChI=1S/C12H19NOS/c13-12(5-2-8-14-9-7-12)6-4-11-3-1-10-15-11/h1,3,10H,2,4-9,13H2. The number of rotatable bonds is 3. The van der Waals surface area contributed by atoms with Crippen molar-refractivity contribution in [3.05, 3.63) is 22.4 Å². The van der Waals surface area contributed by atoms with Crippen molar-refractivity contribution in [2.24, 2.45) is 5.73 Å². The first-order chi connectivity index (χ1) is 7.29. The van der Waals surface area contributed by atoms with Gasteiger partial charge in [-0.3, -0.25) is 0 Å². The molecule has 1 fully saturated rings. The molecule has 2 heterocycles. The molecule has 2 N–H and O–H groups in total. The molecule has 0 bridgehead atoms. The minimum absolute atomic E-state index is 0.0144. The van der Waals surface area contributed by atoms with Crippen LogP contribution >= 0.6 is 11.3 Å². The molecule has 1 saturated heterocycles. The molecule has 0 aliphatic carbocycles. The van der Waals surface area contributed by atoms with Crippen LogP contribution in [-0.4, -0.2) is 18.8 Å². The van der Waals surface area contributed by atoms with Crippen LogP contribution in [-0.2, 0) is 11.2 Å². The van der Waals surface area contributed by atoms with Gasteiger partial charge < -0.3 is 10.5 Å². The van der Waals surface area contributed by atoms with Crippen LogP contribution in [0.4, 0.5) is 0 Å². The van der Waals surface area contributed by atoms with Crippen molar-refractivity contribution >= 4 is 11.3 Å². The molecule has 2 nitrogen and oxygen atoms in total. The SMILES string of the molecule is NC1(CCc2cccs2)CCCOCC1. The van der Waals surface area contributed by atoms with E-state index in [0.29, 0.717) is 0 Å². The summed E-state index contributed by atoms with van der Waals surface area (Å²) < 4.78 is 5.45. The maximum absolute atomic E-state index is 6.40. The van der Waals surface area contributed by atoms with Gasteiger partial charge in [0.1, 0.15) is 0 Å². The fraction of sp³-hybridized carbons (Fsp3) is 0.667. The van der Waals surface area contributed by atoms with Crippen molar-refractivity contribution in [1.29, 1.82) is 0 Å². The molecule has 1 atom stereocenters. The van der Waals surface area contributed by atoms with Crippen LogP contribution in [0.25, 0.3) is 0 Å². The lowest BCUT2D eigenvalue weighted by Gasteiger charge is -2.27. The van der Waals surface area contributed by atoms with Crippen LogP contribution in [0, 0.1) is 0 Å². The largest absolute Gasteiger partial charge is 0.381 e. The molecule has 0 radical (unpaired) electrons. The van der Waals surface area contributed by atoms with E-state index in [1.165, 1.54) is 4.88 Å². The van der Waals surface area contributed by atoms with E-state index < -0.39 is 0 Å². The van der Waals surface area contributed by atoms with Crippen molar-refractivity contribution in [1.82, 2.24) is 0 Å². The Morgan fingerprint density at radius 2 is 2.33 bits per heavy atom. The van der Waals surface area contributed by atoms with Gasteiger partial charge in [-0.25, -0.2) is 0 Å². The average molecular weight is 225 g/mol. The number of thiophene rings is 1. The highest BCUT2D eigenvalue weighted by Crippen LogP contribution is 2.25. The number of aryl methyl sites for hydroxylation is 1. The Balaban J connectivity index is 1.86. The highest BCUT2D eigenvalue weighted by Gasteiger charge is 2.26. The smallest absolute Gasteiger partial charge is 0.0483 e. The van der Waals surface area contributed by atoms with Gasteiger partial charge in [-0.2, -0.15) is 0 Å². The maximum Gasteiger partial charge on any atom is 0.0483 e. The molecular weight excluding hydrogens is 206 g/mol. The zero-order valence-corrected chi connectivity index (χ0v) is 9.89. The first-order valence-electron chi connectivity index (χ1n) is 5.68. The fourth-order valence-electron chi connectivity index (χ4n) is 2.11. The Labute approximate surface area is 95.4 Å². The molecule has 1 unspecified atom stereocenters. The molecule has 0 amide bonds. The molecule has 0 saturated carbocycles. The van der Waals surface area contributed by atoms with Crippen LogP contribution in [0.3, 0.4) is 0 Å². The quantitative estimate of drug-likeness (QED) is 0.858. The topological polar surface area (TPSA) is 35.2 Å². The second-order valence-electron chi connectivity index (χ2n) is 4.41. The van der Waals surface area contributed by atoms with Crippen LogP contribution in [0.5, 0.6) is 0 Å². The predicted octanol–water partition coefficient (Wildman–Crippen LogP) is 2.58. The molecule has 0 aromatic carbocycles. The van der Waals surface area contributed by atoms with Gasteiger partial charge in [-0.05, 0) is 43.6 Å². The van der Waals surface area contributed by atoms with Gasteiger partial charge in [0.05, 0.1) is 0 Å². The monoisotopic (exact) mass is 225 g/mol. The van der Waals surface area contributed by atoms with E-state index in [2.05, 4.69) is 17.5 Å². The molecular formula is C12H19NOS. The van der Waals surface area contributed by atoms with Crippen LogP contribution < -0.4 is 5.73 Å². The van der Waals surface area contributed by atoms with Gasteiger partial charge in [-0.15, -0.1) is 11.3 Å². The summed E-state index contributed by atoms with van der Waals surface area (Å²) in [5.41, 5.74) is 6.41. The van der Waals surface area contributed by atoms with E-state index in [-0.39, 0.29) is 5.54 Å². The van der Waals surface area contributed by atoms with Crippen LogP contribution in [0.1, 0.15) is 30.6 Å². The minimum Gasteiger partial charge on any atom is -0.381 e. The summed E-state index contributed by atoms with van der Waals surface area (Å²) in [6, 6.07) is 4.31. The summed E-state index contributed by atoms with van der Waals surface area (Å²) in [6.45, 7) is 1.72. The molecule has 2 rings (SSSR count). The van der Waals surface area contributed by atoms with Crippen molar-refractivity contribution < 1.29 is 4.74 Å². The fourth-order valence-corrected chi connectivity index (χ4v) is 2.81. The van der Waals surface area contributed by atoms with E-state index in [1.807, 2.05) is 11.3 Å².